The van der Waals surface area contributed by atoms with Crippen LogP contribution < -0.4 is 10.7 Å². The number of rotatable bonds is 4. The summed E-state index contributed by atoms with van der Waals surface area (Å²) in [6.45, 7) is 2.42. The van der Waals surface area contributed by atoms with Crippen LogP contribution in [-0.4, -0.2) is 30.4 Å². The molecule has 1 saturated heterocycles. The third-order valence-corrected chi connectivity index (χ3v) is 4.40. The Balaban J connectivity index is 1.53. The number of carbonyl (C=O) groups excluding carboxylic acids is 1. The van der Waals surface area contributed by atoms with Crippen molar-refractivity contribution in [2.24, 2.45) is 0 Å². The second-order valence-corrected chi connectivity index (χ2v) is 6.23. The minimum atomic E-state index is -0.0659. The summed E-state index contributed by atoms with van der Waals surface area (Å²) in [5.41, 5.74) is 2.03. The zero-order valence-corrected chi connectivity index (χ0v) is 13.7. The van der Waals surface area contributed by atoms with E-state index in [2.05, 4.69) is 10.2 Å². The summed E-state index contributed by atoms with van der Waals surface area (Å²) in [6, 6.07) is 16.0. The molecule has 2 heterocycles. The predicted molar refractivity (Wildman–Crippen MR) is 97.6 cm³/mol. The highest BCUT2D eigenvalue weighted by molar-refractivity contribution is 5.92. The van der Waals surface area contributed by atoms with Crippen LogP contribution in [0.2, 0.25) is 0 Å². The summed E-state index contributed by atoms with van der Waals surface area (Å²) in [6.07, 6.45) is 1.17. The van der Waals surface area contributed by atoms with Gasteiger partial charge < -0.3 is 9.73 Å². The van der Waals surface area contributed by atoms with Crippen molar-refractivity contribution < 1.29 is 9.21 Å². The summed E-state index contributed by atoms with van der Waals surface area (Å²) >= 11 is 0. The molecule has 5 nitrogen and oxygen atoms in total. The molecule has 5 heteroatoms. The van der Waals surface area contributed by atoms with Crippen molar-refractivity contribution >= 4 is 22.6 Å². The molecule has 1 amide bonds. The number of hydrogen-bond donors (Lipinski definition) is 1. The van der Waals surface area contributed by atoms with Gasteiger partial charge in [0.05, 0.1) is 11.9 Å². The van der Waals surface area contributed by atoms with Crippen molar-refractivity contribution in [2.45, 2.75) is 6.42 Å². The molecule has 0 radical (unpaired) electrons. The average Bonchev–Trinajstić information content (AvgIpc) is 2.59. The molecule has 1 aromatic heterocycles. The van der Waals surface area contributed by atoms with E-state index in [1.807, 2.05) is 36.4 Å². The lowest BCUT2D eigenvalue weighted by molar-refractivity contribution is -0.118. The van der Waals surface area contributed by atoms with E-state index in [4.69, 9.17) is 4.42 Å². The maximum absolute atomic E-state index is 12.2. The van der Waals surface area contributed by atoms with Crippen LogP contribution >= 0.6 is 0 Å². The molecular formula is C20H18N2O3. The second-order valence-electron chi connectivity index (χ2n) is 6.23. The topological polar surface area (TPSA) is 62.6 Å². The van der Waals surface area contributed by atoms with Crippen LogP contribution in [0.5, 0.6) is 0 Å². The summed E-state index contributed by atoms with van der Waals surface area (Å²) in [7, 11) is 0. The summed E-state index contributed by atoms with van der Waals surface area (Å²) in [5, 5.41) is 3.46. The van der Waals surface area contributed by atoms with Crippen LogP contribution in [-0.2, 0) is 4.79 Å². The lowest BCUT2D eigenvalue weighted by Gasteiger charge is -2.29. The van der Waals surface area contributed by atoms with Gasteiger partial charge in [-0.05, 0) is 55.9 Å². The number of likely N-dealkylation sites (tertiary alicyclic amines) is 1. The largest absolute Gasteiger partial charge is 0.456 e. The number of carbonyl (C=O) groups is 1. The van der Waals surface area contributed by atoms with Crippen molar-refractivity contribution in [2.75, 3.05) is 25.0 Å². The van der Waals surface area contributed by atoms with Gasteiger partial charge in [-0.1, -0.05) is 12.1 Å². The van der Waals surface area contributed by atoms with Gasteiger partial charge in [0.25, 0.3) is 0 Å². The van der Waals surface area contributed by atoms with E-state index in [0.29, 0.717) is 23.3 Å². The number of para-hydroxylation sites is 1. The van der Waals surface area contributed by atoms with Gasteiger partial charge >= 0.3 is 0 Å². The number of fused-ring (bicyclic) bond motifs is 1. The fourth-order valence-electron chi connectivity index (χ4n) is 2.91. The van der Waals surface area contributed by atoms with Crippen LogP contribution in [0.3, 0.4) is 0 Å². The van der Waals surface area contributed by atoms with Crippen molar-refractivity contribution in [3.63, 3.8) is 0 Å². The number of hydrogen-bond acceptors (Lipinski definition) is 4. The van der Waals surface area contributed by atoms with Crippen LogP contribution in [0.15, 0.2) is 63.8 Å². The standard InChI is InChI=1S/C20H18N2O3/c23-17-12-19(25-18-5-2-1-4-16(17)18)14-6-8-15(9-7-14)21-20(24)13-22-10-3-11-22/h1-2,4-9,12H,3,10-11,13H2,(H,21,24). The molecule has 1 aliphatic heterocycles. The van der Waals surface area contributed by atoms with E-state index in [1.54, 1.807) is 12.1 Å². The fourth-order valence-corrected chi connectivity index (χ4v) is 2.91. The van der Waals surface area contributed by atoms with Gasteiger partial charge in [-0.15, -0.1) is 0 Å². The van der Waals surface area contributed by atoms with E-state index in [1.165, 1.54) is 12.5 Å². The van der Waals surface area contributed by atoms with Crippen LogP contribution in [0.25, 0.3) is 22.3 Å². The van der Waals surface area contributed by atoms with Gasteiger partial charge in [-0.25, -0.2) is 0 Å². The minimum Gasteiger partial charge on any atom is -0.456 e. The second kappa shape index (κ2) is 6.53. The van der Waals surface area contributed by atoms with Crippen molar-refractivity contribution in [3.8, 4) is 11.3 Å². The number of anilines is 1. The number of amides is 1. The van der Waals surface area contributed by atoms with Gasteiger partial charge in [0.1, 0.15) is 11.3 Å². The highest BCUT2D eigenvalue weighted by Crippen LogP contribution is 2.23. The lowest BCUT2D eigenvalue weighted by atomic mass is 10.1. The van der Waals surface area contributed by atoms with E-state index < -0.39 is 0 Å². The Morgan fingerprint density at radius 3 is 2.56 bits per heavy atom. The maximum Gasteiger partial charge on any atom is 0.238 e. The molecule has 0 saturated carbocycles. The molecule has 25 heavy (non-hydrogen) atoms. The molecule has 0 bridgehead atoms. The Kier molecular flexibility index (Phi) is 4.07. The van der Waals surface area contributed by atoms with Crippen molar-refractivity contribution in [3.05, 3.63) is 64.8 Å². The summed E-state index contributed by atoms with van der Waals surface area (Å²) in [4.78, 5) is 26.3. The number of nitrogens with one attached hydrogen (secondary N) is 1. The molecule has 0 spiro atoms. The Bertz CT molecular complexity index is 972. The third kappa shape index (κ3) is 3.32. The van der Waals surface area contributed by atoms with Gasteiger partial charge in [0.15, 0.2) is 5.43 Å². The molecule has 1 N–H and O–H groups in total. The molecule has 1 fully saturated rings. The number of nitrogens with zero attached hydrogens (tertiary/aromatic N) is 1. The normalized spacial score (nSPS) is 14.2. The zero-order chi connectivity index (χ0) is 17.2. The molecule has 3 aromatic rings. The molecule has 4 rings (SSSR count). The monoisotopic (exact) mass is 334 g/mol. The van der Waals surface area contributed by atoms with Gasteiger partial charge in [-0.2, -0.15) is 0 Å². The van der Waals surface area contributed by atoms with Crippen molar-refractivity contribution in [1.29, 1.82) is 0 Å². The molecule has 126 valence electrons. The first-order valence-electron chi connectivity index (χ1n) is 8.34. The Morgan fingerprint density at radius 1 is 1.08 bits per heavy atom. The Labute approximate surface area is 144 Å². The maximum atomic E-state index is 12.2. The van der Waals surface area contributed by atoms with E-state index in [9.17, 15) is 9.59 Å². The van der Waals surface area contributed by atoms with Crippen LogP contribution in [0, 0.1) is 0 Å². The van der Waals surface area contributed by atoms with E-state index in [0.717, 1.165) is 24.3 Å². The molecule has 0 aliphatic carbocycles. The summed E-state index contributed by atoms with van der Waals surface area (Å²) in [5.74, 6) is 0.506. The molecule has 2 aromatic carbocycles. The van der Waals surface area contributed by atoms with Gasteiger partial charge in [-0.3, -0.25) is 14.5 Å². The van der Waals surface area contributed by atoms with E-state index in [-0.39, 0.29) is 11.3 Å². The average molecular weight is 334 g/mol. The van der Waals surface area contributed by atoms with Crippen molar-refractivity contribution in [1.82, 2.24) is 4.90 Å². The summed E-state index contributed by atoms with van der Waals surface area (Å²) < 4.78 is 5.83. The molecule has 0 unspecified atom stereocenters. The SMILES string of the molecule is O=C(CN1CCC1)Nc1ccc(-c2cc(=O)c3ccccc3o2)cc1. The first-order chi connectivity index (χ1) is 12.2. The molecular weight excluding hydrogens is 316 g/mol. The van der Waals surface area contributed by atoms with Gasteiger partial charge in [0.2, 0.25) is 5.91 Å². The fraction of sp³-hybridized carbons (Fsp3) is 0.200. The minimum absolute atomic E-state index is 0.00955. The first-order valence-corrected chi connectivity index (χ1v) is 8.34. The van der Waals surface area contributed by atoms with Crippen LogP contribution in [0.1, 0.15) is 6.42 Å². The predicted octanol–water partition coefficient (Wildman–Crippen LogP) is 3.10. The van der Waals surface area contributed by atoms with Crippen LogP contribution in [0.4, 0.5) is 5.69 Å². The highest BCUT2D eigenvalue weighted by atomic mass is 16.3. The Hall–Kier alpha value is -2.92. The van der Waals surface area contributed by atoms with E-state index >= 15 is 0 Å². The Morgan fingerprint density at radius 2 is 1.84 bits per heavy atom. The zero-order valence-electron chi connectivity index (χ0n) is 13.7. The third-order valence-electron chi connectivity index (χ3n) is 4.40. The first kappa shape index (κ1) is 15.6. The quantitative estimate of drug-likeness (QED) is 0.796. The lowest BCUT2D eigenvalue weighted by Crippen LogP contribution is -2.42. The molecule has 1 aliphatic rings. The smallest absolute Gasteiger partial charge is 0.238 e. The number of benzene rings is 2. The molecule has 0 atom stereocenters. The highest BCUT2D eigenvalue weighted by Gasteiger charge is 2.17. The van der Waals surface area contributed by atoms with Gasteiger partial charge in [0, 0.05) is 17.3 Å².